The molecule has 0 bridgehead atoms. The molecule has 28 heavy (non-hydrogen) atoms. The van der Waals surface area contributed by atoms with Gasteiger partial charge in [-0.25, -0.2) is 4.79 Å². The number of carbonyl (C=O) groups is 1. The molecule has 1 aliphatic rings. The van der Waals surface area contributed by atoms with Crippen LogP contribution in [0.5, 0.6) is 11.5 Å². The highest BCUT2D eigenvalue weighted by Gasteiger charge is 2.23. The van der Waals surface area contributed by atoms with Gasteiger partial charge in [-0.05, 0) is 35.7 Å². The Hall–Kier alpha value is -2.05. The van der Waals surface area contributed by atoms with Crippen LogP contribution in [0.4, 0.5) is 4.79 Å². The molecule has 5 nitrogen and oxygen atoms in total. The molecule has 7 heteroatoms. The van der Waals surface area contributed by atoms with Crippen LogP contribution in [0.25, 0.3) is 0 Å². The van der Waals surface area contributed by atoms with E-state index in [1.165, 1.54) is 0 Å². The summed E-state index contributed by atoms with van der Waals surface area (Å²) in [7, 11) is 3.21. The fourth-order valence-electron chi connectivity index (χ4n) is 3.24. The van der Waals surface area contributed by atoms with Gasteiger partial charge in [0, 0.05) is 35.7 Å². The summed E-state index contributed by atoms with van der Waals surface area (Å²) in [5.74, 6) is 2.22. The van der Waals surface area contributed by atoms with Gasteiger partial charge in [0.2, 0.25) is 0 Å². The molecule has 0 radical (unpaired) electrons. The molecule has 1 heterocycles. The Morgan fingerprint density at radius 3 is 2.71 bits per heavy atom. The molecule has 1 unspecified atom stereocenters. The Morgan fingerprint density at radius 2 is 1.96 bits per heavy atom. The molecular weight excluding hydrogens is 396 g/mol. The Morgan fingerprint density at radius 1 is 1.18 bits per heavy atom. The first kappa shape index (κ1) is 20.7. The number of benzene rings is 2. The van der Waals surface area contributed by atoms with Crippen molar-refractivity contribution in [3.05, 3.63) is 58.6 Å². The van der Waals surface area contributed by atoms with E-state index in [1.807, 2.05) is 53.1 Å². The summed E-state index contributed by atoms with van der Waals surface area (Å²) < 4.78 is 10.6. The molecule has 2 aromatic rings. The van der Waals surface area contributed by atoms with Crippen LogP contribution in [0.1, 0.15) is 22.8 Å². The second-order valence-corrected chi connectivity index (χ2v) is 8.22. The topological polar surface area (TPSA) is 50.8 Å². The average molecular weight is 421 g/mol. The first-order valence-electron chi connectivity index (χ1n) is 9.22. The minimum Gasteiger partial charge on any atom is -0.493 e. The summed E-state index contributed by atoms with van der Waals surface area (Å²) in [4.78, 5) is 14.5. The van der Waals surface area contributed by atoms with Gasteiger partial charge in [0.25, 0.3) is 0 Å². The maximum absolute atomic E-state index is 12.6. The number of nitrogens with zero attached hydrogens (tertiary/aromatic N) is 1. The highest BCUT2D eigenvalue weighted by Crippen LogP contribution is 2.37. The lowest BCUT2D eigenvalue weighted by atomic mass is 10.1. The van der Waals surface area contributed by atoms with Gasteiger partial charge in [-0.3, -0.25) is 0 Å². The monoisotopic (exact) mass is 420 g/mol. The zero-order valence-electron chi connectivity index (χ0n) is 16.1. The third-order valence-corrected chi connectivity index (χ3v) is 6.43. The van der Waals surface area contributed by atoms with E-state index in [0.717, 1.165) is 34.9 Å². The maximum atomic E-state index is 12.6. The van der Waals surface area contributed by atoms with Crippen molar-refractivity contribution in [2.75, 3.05) is 33.1 Å². The lowest BCUT2D eigenvalue weighted by molar-refractivity contribution is 0.200. The van der Waals surface area contributed by atoms with Crippen molar-refractivity contribution in [1.82, 2.24) is 10.2 Å². The van der Waals surface area contributed by atoms with E-state index in [2.05, 4.69) is 11.4 Å². The van der Waals surface area contributed by atoms with E-state index < -0.39 is 0 Å². The molecule has 1 aliphatic heterocycles. The Balaban J connectivity index is 1.56. The van der Waals surface area contributed by atoms with Crippen LogP contribution >= 0.6 is 23.4 Å². The number of urea groups is 1. The van der Waals surface area contributed by atoms with Crippen molar-refractivity contribution >= 4 is 29.4 Å². The number of hydrogen-bond donors (Lipinski definition) is 1. The standard InChI is InChI=1S/C21H25ClN2O3S/c1-26-18-8-7-15(13-19(18)27-2)14-23-21(25)24-10-9-20(28-12-11-24)16-5-3-4-6-17(16)22/h3-8,13,20H,9-12,14H2,1-2H3,(H,23,25). The van der Waals surface area contributed by atoms with Crippen molar-refractivity contribution in [1.29, 1.82) is 0 Å². The second-order valence-electron chi connectivity index (χ2n) is 6.50. The van der Waals surface area contributed by atoms with E-state index in [9.17, 15) is 4.79 Å². The lowest BCUT2D eigenvalue weighted by Gasteiger charge is -2.21. The summed E-state index contributed by atoms with van der Waals surface area (Å²) in [6.07, 6.45) is 0.887. The number of thioether (sulfide) groups is 1. The average Bonchev–Trinajstić information content (AvgIpc) is 2.98. The zero-order valence-corrected chi connectivity index (χ0v) is 17.7. The van der Waals surface area contributed by atoms with Crippen LogP contribution in [-0.4, -0.2) is 44.0 Å². The molecule has 0 aromatic heterocycles. The van der Waals surface area contributed by atoms with Crippen LogP contribution < -0.4 is 14.8 Å². The smallest absolute Gasteiger partial charge is 0.317 e. The number of hydrogen-bond acceptors (Lipinski definition) is 4. The quantitative estimate of drug-likeness (QED) is 0.758. The number of ether oxygens (including phenoxy) is 2. The van der Waals surface area contributed by atoms with Gasteiger partial charge < -0.3 is 19.7 Å². The molecule has 150 valence electrons. The molecule has 1 fully saturated rings. The molecule has 3 rings (SSSR count). The molecule has 0 spiro atoms. The fourth-order valence-corrected chi connectivity index (χ4v) is 4.84. The largest absolute Gasteiger partial charge is 0.493 e. The first-order chi connectivity index (χ1) is 13.6. The third kappa shape index (κ3) is 5.06. The van der Waals surface area contributed by atoms with Gasteiger partial charge in [0.05, 0.1) is 14.2 Å². The summed E-state index contributed by atoms with van der Waals surface area (Å²) in [6.45, 7) is 1.88. The number of nitrogens with one attached hydrogen (secondary N) is 1. The van der Waals surface area contributed by atoms with Crippen molar-refractivity contribution in [2.45, 2.75) is 18.2 Å². The predicted molar refractivity (Wildman–Crippen MR) is 115 cm³/mol. The van der Waals surface area contributed by atoms with Crippen molar-refractivity contribution in [3.63, 3.8) is 0 Å². The van der Waals surface area contributed by atoms with Crippen molar-refractivity contribution < 1.29 is 14.3 Å². The molecular formula is C21H25ClN2O3S. The van der Waals surface area contributed by atoms with Crippen molar-refractivity contribution in [2.24, 2.45) is 0 Å². The number of methoxy groups -OCH3 is 2. The lowest BCUT2D eigenvalue weighted by Crippen LogP contribution is -2.40. The predicted octanol–water partition coefficient (Wildman–Crippen LogP) is 4.75. The van der Waals surface area contributed by atoms with Gasteiger partial charge in [-0.2, -0.15) is 11.8 Å². The molecule has 1 atom stereocenters. The second kappa shape index (κ2) is 9.94. The van der Waals surface area contributed by atoms with Gasteiger partial charge in [-0.1, -0.05) is 35.9 Å². The van der Waals surface area contributed by atoms with Crippen LogP contribution in [0.3, 0.4) is 0 Å². The summed E-state index contributed by atoms with van der Waals surface area (Å²) in [5, 5.41) is 4.12. The van der Waals surface area contributed by atoms with E-state index in [1.54, 1.807) is 14.2 Å². The normalized spacial score (nSPS) is 17.0. The molecule has 2 amide bonds. The van der Waals surface area contributed by atoms with Crippen LogP contribution in [0, 0.1) is 0 Å². The van der Waals surface area contributed by atoms with E-state index >= 15 is 0 Å². The number of carbonyl (C=O) groups excluding carboxylic acids is 1. The van der Waals surface area contributed by atoms with Gasteiger partial charge >= 0.3 is 6.03 Å². The summed E-state index contributed by atoms with van der Waals surface area (Å²) in [5.41, 5.74) is 2.12. The maximum Gasteiger partial charge on any atom is 0.317 e. The third-order valence-electron chi connectivity index (χ3n) is 4.77. The molecule has 0 aliphatic carbocycles. The van der Waals surface area contributed by atoms with Gasteiger partial charge in [-0.15, -0.1) is 0 Å². The molecule has 0 saturated carbocycles. The van der Waals surface area contributed by atoms with Crippen LogP contribution in [-0.2, 0) is 6.54 Å². The Kier molecular flexibility index (Phi) is 7.34. The molecule has 1 saturated heterocycles. The van der Waals surface area contributed by atoms with Crippen LogP contribution in [0.15, 0.2) is 42.5 Å². The SMILES string of the molecule is COc1ccc(CNC(=O)N2CCSC(c3ccccc3Cl)CC2)cc1OC. The van der Waals surface area contributed by atoms with Crippen molar-refractivity contribution in [3.8, 4) is 11.5 Å². The zero-order chi connectivity index (χ0) is 19.9. The van der Waals surface area contributed by atoms with E-state index in [0.29, 0.717) is 29.8 Å². The number of amides is 2. The van der Waals surface area contributed by atoms with Gasteiger partial charge in [0.1, 0.15) is 0 Å². The minimum atomic E-state index is -0.0461. The first-order valence-corrected chi connectivity index (χ1v) is 10.6. The highest BCUT2D eigenvalue weighted by molar-refractivity contribution is 7.99. The minimum absolute atomic E-state index is 0.0461. The summed E-state index contributed by atoms with van der Waals surface area (Å²) in [6, 6.07) is 13.6. The van der Waals surface area contributed by atoms with Gasteiger partial charge in [0.15, 0.2) is 11.5 Å². The van der Waals surface area contributed by atoms with E-state index in [-0.39, 0.29) is 6.03 Å². The van der Waals surface area contributed by atoms with Crippen LogP contribution in [0.2, 0.25) is 5.02 Å². The molecule has 2 aromatic carbocycles. The number of rotatable bonds is 5. The Bertz CT molecular complexity index is 818. The highest BCUT2D eigenvalue weighted by atomic mass is 35.5. The fraction of sp³-hybridized carbons (Fsp3) is 0.381. The summed E-state index contributed by atoms with van der Waals surface area (Å²) >= 11 is 8.21. The number of halogens is 1. The Labute approximate surface area is 175 Å². The van der Waals surface area contributed by atoms with E-state index in [4.69, 9.17) is 21.1 Å². The molecule has 1 N–H and O–H groups in total.